The Morgan fingerprint density at radius 1 is 0.969 bits per heavy atom. The molecule has 0 radical (unpaired) electrons. The van der Waals surface area contributed by atoms with Crippen LogP contribution in [0.4, 0.5) is 0 Å². The standard InChI is InChI=1S/C26H25N3O3/c1-31-23-13-7-8-14-24(23)32-18-17-29-22-12-6-5-11-21(22)28-25(29)19-27-26(30)16-15-20-9-3-2-4-10-20/h2-16H,17-19H2,1H3,(H,27,30)/b16-15-. The Hall–Kier alpha value is -4.06. The van der Waals surface area contributed by atoms with Gasteiger partial charge < -0.3 is 19.4 Å². The summed E-state index contributed by atoms with van der Waals surface area (Å²) in [5.41, 5.74) is 2.86. The molecule has 162 valence electrons. The number of amides is 1. The molecule has 1 aromatic heterocycles. The Morgan fingerprint density at radius 3 is 2.50 bits per heavy atom. The monoisotopic (exact) mass is 427 g/mol. The van der Waals surface area contributed by atoms with Gasteiger partial charge in [0.1, 0.15) is 12.4 Å². The Morgan fingerprint density at radius 2 is 1.69 bits per heavy atom. The number of nitrogens with zero attached hydrogens (tertiary/aromatic N) is 2. The van der Waals surface area contributed by atoms with Gasteiger partial charge in [0, 0.05) is 6.08 Å². The second-order valence-electron chi connectivity index (χ2n) is 7.13. The summed E-state index contributed by atoms with van der Waals surface area (Å²) in [5.74, 6) is 2.00. The zero-order valence-electron chi connectivity index (χ0n) is 17.9. The average molecular weight is 428 g/mol. The molecule has 4 aromatic rings. The molecule has 1 N–H and O–H groups in total. The number of aromatic nitrogens is 2. The summed E-state index contributed by atoms with van der Waals surface area (Å²) in [6, 6.07) is 25.2. The Bertz CT molecular complexity index is 1220. The predicted octanol–water partition coefficient (Wildman–Crippen LogP) is 4.45. The molecule has 3 aromatic carbocycles. The molecule has 6 heteroatoms. The van der Waals surface area contributed by atoms with Gasteiger partial charge in [-0.3, -0.25) is 4.79 Å². The number of hydrogen-bond acceptors (Lipinski definition) is 4. The third-order valence-electron chi connectivity index (χ3n) is 5.02. The predicted molar refractivity (Wildman–Crippen MR) is 126 cm³/mol. The van der Waals surface area contributed by atoms with E-state index < -0.39 is 0 Å². The molecule has 6 nitrogen and oxygen atoms in total. The van der Waals surface area contributed by atoms with E-state index >= 15 is 0 Å². The number of carbonyl (C=O) groups is 1. The molecule has 4 rings (SSSR count). The molecule has 1 heterocycles. The zero-order chi connectivity index (χ0) is 22.2. The van der Waals surface area contributed by atoms with Crippen LogP contribution in [-0.4, -0.2) is 29.2 Å². The van der Waals surface area contributed by atoms with Crippen molar-refractivity contribution in [1.82, 2.24) is 14.9 Å². The van der Waals surface area contributed by atoms with E-state index in [0.717, 1.165) is 22.4 Å². The zero-order valence-corrected chi connectivity index (χ0v) is 17.9. The lowest BCUT2D eigenvalue weighted by molar-refractivity contribution is -0.116. The first-order valence-electron chi connectivity index (χ1n) is 10.5. The van der Waals surface area contributed by atoms with Gasteiger partial charge in [0.15, 0.2) is 11.5 Å². The summed E-state index contributed by atoms with van der Waals surface area (Å²) in [6.45, 7) is 1.35. The first-order valence-corrected chi connectivity index (χ1v) is 10.5. The highest BCUT2D eigenvalue weighted by Gasteiger charge is 2.12. The number of para-hydroxylation sites is 4. The van der Waals surface area contributed by atoms with Crippen molar-refractivity contribution in [3.8, 4) is 11.5 Å². The number of methoxy groups -OCH3 is 1. The topological polar surface area (TPSA) is 65.4 Å². The van der Waals surface area contributed by atoms with Crippen LogP contribution < -0.4 is 14.8 Å². The lowest BCUT2D eigenvalue weighted by Crippen LogP contribution is -2.23. The molecular formula is C26H25N3O3. The molecule has 0 unspecified atom stereocenters. The maximum atomic E-state index is 12.3. The van der Waals surface area contributed by atoms with Crippen molar-refractivity contribution in [2.24, 2.45) is 0 Å². The van der Waals surface area contributed by atoms with Gasteiger partial charge in [-0.25, -0.2) is 4.98 Å². The van der Waals surface area contributed by atoms with Crippen molar-refractivity contribution in [2.45, 2.75) is 13.1 Å². The first-order chi connectivity index (χ1) is 15.7. The molecule has 1 amide bonds. The number of nitrogens with one attached hydrogen (secondary N) is 1. The highest BCUT2D eigenvalue weighted by atomic mass is 16.5. The summed E-state index contributed by atoms with van der Waals surface area (Å²) in [7, 11) is 1.62. The van der Waals surface area contributed by atoms with Crippen LogP contribution in [-0.2, 0) is 17.9 Å². The number of imidazole rings is 1. The van der Waals surface area contributed by atoms with Crippen LogP contribution in [0.3, 0.4) is 0 Å². The average Bonchev–Trinajstić information content (AvgIpc) is 3.20. The Labute approximate surface area is 187 Å². The molecule has 0 bridgehead atoms. The van der Waals surface area contributed by atoms with E-state index in [1.807, 2.05) is 78.9 Å². The normalized spacial score (nSPS) is 11.0. The summed E-state index contributed by atoms with van der Waals surface area (Å²) < 4.78 is 13.4. The lowest BCUT2D eigenvalue weighted by Gasteiger charge is -2.13. The van der Waals surface area contributed by atoms with Crippen LogP contribution in [0.2, 0.25) is 0 Å². The van der Waals surface area contributed by atoms with Crippen LogP contribution in [0.15, 0.2) is 84.9 Å². The van der Waals surface area contributed by atoms with E-state index in [1.54, 1.807) is 13.2 Å². The molecule has 0 aliphatic rings. The van der Waals surface area contributed by atoms with E-state index in [2.05, 4.69) is 9.88 Å². The van der Waals surface area contributed by atoms with E-state index in [9.17, 15) is 4.79 Å². The van der Waals surface area contributed by atoms with E-state index in [0.29, 0.717) is 31.2 Å². The summed E-state index contributed by atoms with van der Waals surface area (Å²) in [5, 5.41) is 2.93. The SMILES string of the molecule is COc1ccccc1OCCn1c(CNC(=O)/C=C\c2ccccc2)nc2ccccc21. The molecule has 0 atom stereocenters. The van der Waals surface area contributed by atoms with E-state index in [1.165, 1.54) is 6.08 Å². The number of benzene rings is 3. The van der Waals surface area contributed by atoms with Crippen molar-refractivity contribution in [1.29, 1.82) is 0 Å². The second-order valence-corrected chi connectivity index (χ2v) is 7.13. The highest BCUT2D eigenvalue weighted by molar-refractivity contribution is 5.91. The maximum absolute atomic E-state index is 12.3. The van der Waals surface area contributed by atoms with Crippen LogP contribution in [0.25, 0.3) is 17.1 Å². The minimum atomic E-state index is -0.169. The fraction of sp³-hybridized carbons (Fsp3) is 0.154. The molecule has 0 saturated carbocycles. The molecule has 0 aliphatic carbocycles. The first kappa shape index (κ1) is 21.2. The van der Waals surface area contributed by atoms with Gasteiger partial charge in [0.25, 0.3) is 0 Å². The van der Waals surface area contributed by atoms with E-state index in [4.69, 9.17) is 14.5 Å². The number of hydrogen-bond donors (Lipinski definition) is 1. The number of rotatable bonds is 9. The van der Waals surface area contributed by atoms with Crippen molar-refractivity contribution in [2.75, 3.05) is 13.7 Å². The maximum Gasteiger partial charge on any atom is 0.244 e. The van der Waals surface area contributed by atoms with Crippen LogP contribution in [0, 0.1) is 0 Å². The van der Waals surface area contributed by atoms with Gasteiger partial charge in [-0.15, -0.1) is 0 Å². The van der Waals surface area contributed by atoms with Crippen molar-refractivity contribution in [3.05, 3.63) is 96.3 Å². The van der Waals surface area contributed by atoms with Gasteiger partial charge in [-0.2, -0.15) is 0 Å². The fourth-order valence-electron chi connectivity index (χ4n) is 3.46. The minimum Gasteiger partial charge on any atom is -0.493 e. The summed E-state index contributed by atoms with van der Waals surface area (Å²) in [6.07, 6.45) is 3.33. The van der Waals surface area contributed by atoms with Crippen LogP contribution >= 0.6 is 0 Å². The smallest absolute Gasteiger partial charge is 0.244 e. The number of carbonyl (C=O) groups excluding carboxylic acids is 1. The van der Waals surface area contributed by atoms with Gasteiger partial charge in [0.2, 0.25) is 5.91 Å². The molecule has 0 saturated heterocycles. The summed E-state index contributed by atoms with van der Waals surface area (Å²) in [4.78, 5) is 17.0. The van der Waals surface area contributed by atoms with Crippen LogP contribution in [0.1, 0.15) is 11.4 Å². The van der Waals surface area contributed by atoms with Gasteiger partial charge >= 0.3 is 0 Å². The van der Waals surface area contributed by atoms with Crippen molar-refractivity contribution >= 4 is 23.0 Å². The second kappa shape index (κ2) is 10.3. The van der Waals surface area contributed by atoms with Crippen molar-refractivity contribution in [3.63, 3.8) is 0 Å². The van der Waals surface area contributed by atoms with Gasteiger partial charge in [-0.05, 0) is 35.9 Å². The lowest BCUT2D eigenvalue weighted by atomic mass is 10.2. The Balaban J connectivity index is 1.44. The van der Waals surface area contributed by atoms with E-state index in [-0.39, 0.29) is 5.91 Å². The fourth-order valence-corrected chi connectivity index (χ4v) is 3.46. The van der Waals surface area contributed by atoms with Crippen molar-refractivity contribution < 1.29 is 14.3 Å². The minimum absolute atomic E-state index is 0.169. The molecular weight excluding hydrogens is 402 g/mol. The molecule has 0 spiro atoms. The summed E-state index contributed by atoms with van der Waals surface area (Å²) >= 11 is 0. The molecule has 0 aliphatic heterocycles. The molecule has 0 fully saturated rings. The number of ether oxygens (including phenoxy) is 2. The van der Waals surface area contributed by atoms with Gasteiger partial charge in [-0.1, -0.05) is 54.6 Å². The third kappa shape index (κ3) is 5.16. The third-order valence-corrected chi connectivity index (χ3v) is 5.02. The molecule has 32 heavy (non-hydrogen) atoms. The van der Waals surface area contributed by atoms with Gasteiger partial charge in [0.05, 0.1) is 31.2 Å². The highest BCUT2D eigenvalue weighted by Crippen LogP contribution is 2.26. The largest absolute Gasteiger partial charge is 0.493 e. The number of fused-ring (bicyclic) bond motifs is 1. The Kier molecular flexibility index (Phi) is 6.82. The van der Waals surface area contributed by atoms with Crippen LogP contribution in [0.5, 0.6) is 11.5 Å². The quantitative estimate of drug-likeness (QED) is 0.401.